The Morgan fingerprint density at radius 3 is 2.30 bits per heavy atom. The largest absolute Gasteiger partial charge is 0.349 e. The molecule has 126 valence electrons. The minimum Gasteiger partial charge on any atom is -0.349 e. The normalized spacial score (nSPS) is 20.0. The third-order valence-electron chi connectivity index (χ3n) is 4.18. The number of nitro groups is 1. The smallest absolute Gasteiger partial charge is 0.272 e. The summed E-state index contributed by atoms with van der Waals surface area (Å²) in [5.74, 6) is -0.179. The van der Waals surface area contributed by atoms with Crippen LogP contribution in [0.15, 0.2) is 18.2 Å². The van der Waals surface area contributed by atoms with Crippen molar-refractivity contribution in [3.63, 3.8) is 0 Å². The van der Waals surface area contributed by atoms with Gasteiger partial charge >= 0.3 is 0 Å². The molecule has 2 rings (SSSR count). The van der Waals surface area contributed by atoms with Gasteiger partial charge in [0.05, 0.1) is 4.92 Å². The van der Waals surface area contributed by atoms with Crippen molar-refractivity contribution in [1.82, 2.24) is 10.6 Å². The number of nitro benzene ring substituents is 1. The van der Waals surface area contributed by atoms with E-state index < -0.39 is 4.92 Å². The molecule has 0 aliphatic carbocycles. The molecule has 6 heteroatoms. The summed E-state index contributed by atoms with van der Waals surface area (Å²) in [4.78, 5) is 22.9. The third kappa shape index (κ3) is 4.28. The molecule has 1 saturated heterocycles. The Morgan fingerprint density at radius 1 is 1.26 bits per heavy atom. The van der Waals surface area contributed by atoms with Crippen molar-refractivity contribution in [2.75, 3.05) is 0 Å². The Kier molecular flexibility index (Phi) is 4.48. The molecule has 2 N–H and O–H groups in total. The van der Waals surface area contributed by atoms with Gasteiger partial charge in [0.2, 0.25) is 0 Å². The quantitative estimate of drug-likeness (QED) is 0.662. The predicted molar refractivity (Wildman–Crippen MR) is 89.6 cm³/mol. The average Bonchev–Trinajstić information content (AvgIpc) is 2.33. The molecule has 6 nitrogen and oxygen atoms in total. The lowest BCUT2D eigenvalue weighted by Crippen LogP contribution is -2.62. The monoisotopic (exact) mass is 319 g/mol. The Hall–Kier alpha value is -1.95. The molecule has 1 fully saturated rings. The van der Waals surface area contributed by atoms with E-state index in [1.807, 2.05) is 0 Å². The molecule has 0 aromatic heterocycles. The Bertz CT molecular complexity index is 622. The van der Waals surface area contributed by atoms with Crippen molar-refractivity contribution in [1.29, 1.82) is 0 Å². The van der Waals surface area contributed by atoms with Gasteiger partial charge in [-0.1, -0.05) is 0 Å². The summed E-state index contributed by atoms with van der Waals surface area (Å²) in [6, 6.07) is 4.55. The van der Waals surface area contributed by atoms with Crippen LogP contribution in [0.2, 0.25) is 0 Å². The van der Waals surface area contributed by atoms with Crippen LogP contribution in [0.5, 0.6) is 0 Å². The van der Waals surface area contributed by atoms with Crippen LogP contribution in [0.3, 0.4) is 0 Å². The number of hydrogen-bond donors (Lipinski definition) is 2. The zero-order chi connectivity index (χ0) is 17.4. The molecule has 23 heavy (non-hydrogen) atoms. The van der Waals surface area contributed by atoms with Gasteiger partial charge in [0.1, 0.15) is 0 Å². The number of nitrogens with one attached hydrogen (secondary N) is 2. The number of rotatable bonds is 3. The Morgan fingerprint density at radius 2 is 1.83 bits per heavy atom. The standard InChI is InChI=1S/C17H25N3O3/c1-11-8-12(6-7-14(11)20(22)23)15(21)18-13-9-16(2,3)19-17(4,5)10-13/h6-8,13,19H,9-10H2,1-5H3,(H,18,21). The molecule has 1 aromatic carbocycles. The molecular weight excluding hydrogens is 294 g/mol. The minimum atomic E-state index is -0.436. The lowest BCUT2D eigenvalue weighted by molar-refractivity contribution is -0.385. The second-order valence-corrected chi connectivity index (χ2v) is 7.73. The third-order valence-corrected chi connectivity index (χ3v) is 4.18. The molecule has 1 aliphatic rings. The number of aryl methyl sites for hydroxylation is 1. The molecular formula is C17H25N3O3. The summed E-state index contributed by atoms with van der Waals surface area (Å²) in [7, 11) is 0. The number of hydrogen-bond acceptors (Lipinski definition) is 4. The summed E-state index contributed by atoms with van der Waals surface area (Å²) in [5.41, 5.74) is 0.887. The SMILES string of the molecule is Cc1cc(C(=O)NC2CC(C)(C)NC(C)(C)C2)ccc1[N+](=O)[O-]. The van der Waals surface area contributed by atoms with E-state index in [4.69, 9.17) is 0 Å². The highest BCUT2D eigenvalue weighted by Crippen LogP contribution is 2.28. The molecule has 1 heterocycles. The topological polar surface area (TPSA) is 84.3 Å². The van der Waals surface area contributed by atoms with Gasteiger partial charge < -0.3 is 10.6 Å². The number of benzene rings is 1. The molecule has 1 amide bonds. The second kappa shape index (κ2) is 5.92. The molecule has 0 atom stereocenters. The first-order valence-electron chi connectivity index (χ1n) is 7.84. The van der Waals surface area contributed by atoms with Crippen molar-refractivity contribution in [3.8, 4) is 0 Å². The molecule has 1 aliphatic heterocycles. The van der Waals surface area contributed by atoms with Crippen molar-refractivity contribution in [2.45, 2.75) is 64.6 Å². The van der Waals surface area contributed by atoms with Crippen LogP contribution in [-0.2, 0) is 0 Å². The Balaban J connectivity index is 2.13. The number of carbonyl (C=O) groups excluding carboxylic acids is 1. The maximum atomic E-state index is 12.5. The van der Waals surface area contributed by atoms with E-state index in [2.05, 4.69) is 38.3 Å². The fraction of sp³-hybridized carbons (Fsp3) is 0.588. The number of carbonyl (C=O) groups is 1. The fourth-order valence-corrected chi connectivity index (χ4v) is 3.69. The van der Waals surface area contributed by atoms with Gasteiger partial charge in [0, 0.05) is 34.3 Å². The van der Waals surface area contributed by atoms with Crippen LogP contribution < -0.4 is 10.6 Å². The fourth-order valence-electron chi connectivity index (χ4n) is 3.69. The predicted octanol–water partition coefficient (Wildman–Crippen LogP) is 2.94. The van der Waals surface area contributed by atoms with Gasteiger partial charge in [-0.05, 0) is 59.6 Å². The molecule has 0 radical (unpaired) electrons. The maximum Gasteiger partial charge on any atom is 0.272 e. The first-order chi connectivity index (χ1) is 10.5. The first-order valence-corrected chi connectivity index (χ1v) is 7.84. The highest BCUT2D eigenvalue weighted by Gasteiger charge is 2.38. The van der Waals surface area contributed by atoms with E-state index >= 15 is 0 Å². The van der Waals surface area contributed by atoms with E-state index in [9.17, 15) is 14.9 Å². The molecule has 1 aromatic rings. The van der Waals surface area contributed by atoms with Crippen LogP contribution >= 0.6 is 0 Å². The molecule has 0 bridgehead atoms. The summed E-state index contributed by atoms with van der Waals surface area (Å²) in [6.45, 7) is 10.2. The number of nitrogens with zero attached hydrogens (tertiary/aromatic N) is 1. The van der Waals surface area contributed by atoms with Gasteiger partial charge in [0.25, 0.3) is 11.6 Å². The van der Waals surface area contributed by atoms with E-state index in [0.29, 0.717) is 11.1 Å². The van der Waals surface area contributed by atoms with Crippen LogP contribution in [0.4, 0.5) is 5.69 Å². The van der Waals surface area contributed by atoms with Crippen LogP contribution in [0.25, 0.3) is 0 Å². The van der Waals surface area contributed by atoms with Gasteiger partial charge in [0.15, 0.2) is 0 Å². The first kappa shape index (κ1) is 17.4. The van der Waals surface area contributed by atoms with E-state index in [-0.39, 0.29) is 28.7 Å². The van der Waals surface area contributed by atoms with Gasteiger partial charge in [-0.15, -0.1) is 0 Å². The molecule has 0 unspecified atom stereocenters. The van der Waals surface area contributed by atoms with Crippen LogP contribution in [0.1, 0.15) is 56.5 Å². The average molecular weight is 319 g/mol. The van der Waals surface area contributed by atoms with Crippen molar-refractivity contribution in [3.05, 3.63) is 39.4 Å². The van der Waals surface area contributed by atoms with Crippen LogP contribution in [-0.4, -0.2) is 28.0 Å². The minimum absolute atomic E-state index is 0.0330. The highest BCUT2D eigenvalue weighted by atomic mass is 16.6. The van der Waals surface area contributed by atoms with Gasteiger partial charge in [-0.2, -0.15) is 0 Å². The summed E-state index contributed by atoms with van der Waals surface area (Å²) >= 11 is 0. The van der Waals surface area contributed by atoms with Gasteiger partial charge in [-0.25, -0.2) is 0 Å². The van der Waals surface area contributed by atoms with Crippen molar-refractivity contribution in [2.24, 2.45) is 0 Å². The van der Waals surface area contributed by atoms with Crippen molar-refractivity contribution >= 4 is 11.6 Å². The second-order valence-electron chi connectivity index (χ2n) is 7.73. The van der Waals surface area contributed by atoms with E-state index in [0.717, 1.165) is 12.8 Å². The summed E-state index contributed by atoms with van der Waals surface area (Å²) in [6.07, 6.45) is 1.68. The number of piperidine rings is 1. The maximum absolute atomic E-state index is 12.5. The lowest BCUT2D eigenvalue weighted by atomic mass is 9.79. The highest BCUT2D eigenvalue weighted by molar-refractivity contribution is 5.94. The zero-order valence-corrected chi connectivity index (χ0v) is 14.4. The molecule has 0 spiro atoms. The van der Waals surface area contributed by atoms with Crippen molar-refractivity contribution < 1.29 is 9.72 Å². The van der Waals surface area contributed by atoms with E-state index in [1.165, 1.54) is 12.1 Å². The molecule has 0 saturated carbocycles. The Labute approximate surface area is 136 Å². The lowest BCUT2D eigenvalue weighted by Gasteiger charge is -2.46. The van der Waals surface area contributed by atoms with Gasteiger partial charge in [-0.3, -0.25) is 14.9 Å². The van der Waals surface area contributed by atoms with E-state index in [1.54, 1.807) is 13.0 Å². The zero-order valence-electron chi connectivity index (χ0n) is 14.4. The summed E-state index contributed by atoms with van der Waals surface area (Å²) < 4.78 is 0. The number of amides is 1. The van der Waals surface area contributed by atoms with Crippen LogP contribution in [0, 0.1) is 17.0 Å². The summed E-state index contributed by atoms with van der Waals surface area (Å²) in [5, 5.41) is 17.5.